The van der Waals surface area contributed by atoms with Gasteiger partial charge < -0.3 is 0 Å². The fourth-order valence-corrected chi connectivity index (χ4v) is 1.86. The molecule has 0 saturated heterocycles. The van der Waals surface area contributed by atoms with E-state index < -0.39 is 8.03 Å². The van der Waals surface area contributed by atoms with Crippen LogP contribution in [0.4, 0.5) is 0 Å². The third kappa shape index (κ3) is 1.65. The van der Waals surface area contributed by atoms with Crippen LogP contribution in [0, 0.1) is 13.8 Å². The molecule has 0 radical (unpaired) electrons. The predicted octanol–water partition coefficient (Wildman–Crippen LogP) is 1.66. The average molecular weight is 169 g/mol. The fraction of sp³-hybridized carbons (Fsp3) is 0.250. The summed E-state index contributed by atoms with van der Waals surface area (Å²) in [6.45, 7) is 3.68. The van der Waals surface area contributed by atoms with E-state index in [0.29, 0.717) is 5.30 Å². The summed E-state index contributed by atoms with van der Waals surface area (Å²) in [7, 11) is -2.19. The third-order valence-corrected chi connectivity index (χ3v) is 2.72. The van der Waals surface area contributed by atoms with E-state index in [4.69, 9.17) is 4.89 Å². The van der Waals surface area contributed by atoms with Crippen molar-refractivity contribution in [3.63, 3.8) is 0 Å². The first-order valence-electron chi connectivity index (χ1n) is 3.35. The summed E-state index contributed by atoms with van der Waals surface area (Å²) >= 11 is 0. The molecule has 3 heteroatoms. The van der Waals surface area contributed by atoms with E-state index in [2.05, 4.69) is 0 Å². The van der Waals surface area contributed by atoms with Crippen molar-refractivity contribution in [3.05, 3.63) is 29.3 Å². The molecule has 0 spiro atoms. The zero-order valence-electron chi connectivity index (χ0n) is 6.53. The summed E-state index contributed by atoms with van der Waals surface area (Å²) in [5, 5.41) is 0.572. The number of aryl methyl sites for hydroxylation is 2. The maximum absolute atomic E-state index is 10.8. The van der Waals surface area contributed by atoms with Crippen molar-refractivity contribution in [1.82, 2.24) is 0 Å². The van der Waals surface area contributed by atoms with E-state index in [0.717, 1.165) is 11.1 Å². The van der Waals surface area contributed by atoms with Gasteiger partial charge in [-0.15, -0.1) is 0 Å². The smallest absolute Gasteiger partial charge is 0.156 e. The van der Waals surface area contributed by atoms with Gasteiger partial charge in [0.25, 0.3) is 0 Å². The molecule has 0 aliphatic heterocycles. The molecular weight excluding hydrogens is 159 g/mol. The molecule has 0 bridgehead atoms. The molecule has 0 saturated carbocycles. The van der Waals surface area contributed by atoms with Crippen LogP contribution in [0.5, 0.6) is 0 Å². The second kappa shape index (κ2) is 3.12. The first-order chi connectivity index (χ1) is 5.13. The van der Waals surface area contributed by atoms with Crippen LogP contribution in [0.25, 0.3) is 0 Å². The molecule has 1 aromatic rings. The van der Waals surface area contributed by atoms with Gasteiger partial charge in [-0.05, 0) is 18.4 Å². The van der Waals surface area contributed by atoms with Crippen LogP contribution in [-0.4, -0.2) is 4.89 Å². The van der Waals surface area contributed by atoms with Crippen molar-refractivity contribution in [1.29, 1.82) is 0 Å². The van der Waals surface area contributed by atoms with Crippen LogP contribution < -0.4 is 5.30 Å². The van der Waals surface area contributed by atoms with Crippen molar-refractivity contribution in [2.45, 2.75) is 13.8 Å². The van der Waals surface area contributed by atoms with Crippen molar-refractivity contribution in [2.75, 3.05) is 0 Å². The van der Waals surface area contributed by atoms with Gasteiger partial charge in [0.1, 0.15) is 0 Å². The van der Waals surface area contributed by atoms with Gasteiger partial charge in [0.15, 0.2) is 0 Å². The van der Waals surface area contributed by atoms with Crippen molar-refractivity contribution < 1.29 is 9.46 Å². The fourth-order valence-electron chi connectivity index (χ4n) is 1.11. The lowest BCUT2D eigenvalue weighted by Gasteiger charge is -1.94. The molecule has 1 unspecified atom stereocenters. The number of benzene rings is 1. The molecule has 1 aromatic carbocycles. The monoisotopic (exact) mass is 169 g/mol. The highest BCUT2D eigenvalue weighted by atomic mass is 31.1. The summed E-state index contributed by atoms with van der Waals surface area (Å²) in [5.41, 5.74) is 1.77. The van der Waals surface area contributed by atoms with E-state index in [1.165, 1.54) is 0 Å². The molecular formula is C8H10O2P+. The summed E-state index contributed by atoms with van der Waals surface area (Å²) in [6.07, 6.45) is 0. The molecule has 0 heterocycles. The molecule has 1 N–H and O–H groups in total. The van der Waals surface area contributed by atoms with Gasteiger partial charge in [-0.1, -0.05) is 18.2 Å². The van der Waals surface area contributed by atoms with E-state index in [9.17, 15) is 4.57 Å². The van der Waals surface area contributed by atoms with Crippen LogP contribution in [-0.2, 0) is 4.57 Å². The van der Waals surface area contributed by atoms with Crippen molar-refractivity contribution >= 4 is 13.3 Å². The summed E-state index contributed by atoms with van der Waals surface area (Å²) < 4.78 is 10.8. The Bertz CT molecular complexity index is 274. The highest BCUT2D eigenvalue weighted by molar-refractivity contribution is 7.47. The van der Waals surface area contributed by atoms with E-state index >= 15 is 0 Å². The lowest BCUT2D eigenvalue weighted by Crippen LogP contribution is -2.05. The van der Waals surface area contributed by atoms with E-state index in [-0.39, 0.29) is 0 Å². The summed E-state index contributed by atoms with van der Waals surface area (Å²) in [6, 6.07) is 5.56. The topological polar surface area (TPSA) is 37.3 Å². The van der Waals surface area contributed by atoms with Gasteiger partial charge in [-0.25, -0.2) is 0 Å². The van der Waals surface area contributed by atoms with Crippen LogP contribution in [0.1, 0.15) is 11.1 Å². The molecule has 1 rings (SSSR count). The quantitative estimate of drug-likeness (QED) is 0.649. The van der Waals surface area contributed by atoms with Gasteiger partial charge in [0.05, 0.1) is 0 Å². The Morgan fingerprint density at radius 2 is 1.73 bits per heavy atom. The maximum atomic E-state index is 10.8. The van der Waals surface area contributed by atoms with Gasteiger partial charge in [0.2, 0.25) is 5.30 Å². The Hall–Kier alpha value is -0.720. The Morgan fingerprint density at radius 1 is 1.27 bits per heavy atom. The average Bonchev–Trinajstić information content (AvgIpc) is 1.85. The minimum absolute atomic E-state index is 0.572. The summed E-state index contributed by atoms with van der Waals surface area (Å²) in [4.78, 5) is 8.89. The highest BCUT2D eigenvalue weighted by Gasteiger charge is 2.21. The Balaban J connectivity index is 3.32. The van der Waals surface area contributed by atoms with Crippen LogP contribution in [0.15, 0.2) is 18.2 Å². The van der Waals surface area contributed by atoms with Crippen LogP contribution in [0.2, 0.25) is 0 Å². The Morgan fingerprint density at radius 3 is 2.00 bits per heavy atom. The molecule has 0 aromatic heterocycles. The molecule has 11 heavy (non-hydrogen) atoms. The second-order valence-electron chi connectivity index (χ2n) is 2.51. The second-order valence-corrected chi connectivity index (χ2v) is 3.51. The Kier molecular flexibility index (Phi) is 2.38. The first-order valence-corrected chi connectivity index (χ1v) is 4.56. The van der Waals surface area contributed by atoms with Crippen LogP contribution >= 0.6 is 8.03 Å². The largest absolute Gasteiger partial charge is 0.546 e. The third-order valence-electron chi connectivity index (χ3n) is 1.63. The van der Waals surface area contributed by atoms with Crippen LogP contribution in [0.3, 0.4) is 0 Å². The highest BCUT2D eigenvalue weighted by Crippen LogP contribution is 2.18. The van der Waals surface area contributed by atoms with E-state index in [1.54, 1.807) is 0 Å². The Labute approximate surface area is 66.7 Å². The lowest BCUT2D eigenvalue weighted by molar-refractivity contribution is 0.513. The van der Waals surface area contributed by atoms with Gasteiger partial charge in [-0.2, -0.15) is 4.89 Å². The SMILES string of the molecule is Cc1cccc(C)c1[P+](=O)O. The standard InChI is InChI=1S/C8H9O2P/c1-6-4-3-5-7(2)8(6)11(9)10/h3-5H,1-2H3/p+1. The molecule has 0 aliphatic carbocycles. The minimum atomic E-state index is -2.19. The maximum Gasteiger partial charge on any atom is 0.546 e. The molecule has 1 atom stereocenters. The predicted molar refractivity (Wildman–Crippen MR) is 45.4 cm³/mol. The number of hydrogen-bond donors (Lipinski definition) is 1. The van der Waals surface area contributed by atoms with Gasteiger partial charge >= 0.3 is 8.03 Å². The van der Waals surface area contributed by atoms with Crippen molar-refractivity contribution in [3.8, 4) is 0 Å². The molecule has 58 valence electrons. The number of hydrogen-bond acceptors (Lipinski definition) is 1. The lowest BCUT2D eigenvalue weighted by atomic mass is 10.2. The zero-order chi connectivity index (χ0) is 8.43. The molecule has 2 nitrogen and oxygen atoms in total. The molecule has 0 fully saturated rings. The minimum Gasteiger partial charge on any atom is -0.156 e. The van der Waals surface area contributed by atoms with E-state index in [1.807, 2.05) is 32.0 Å². The summed E-state index contributed by atoms with van der Waals surface area (Å²) in [5.74, 6) is 0. The zero-order valence-corrected chi connectivity index (χ0v) is 7.43. The van der Waals surface area contributed by atoms with Gasteiger partial charge in [-0.3, -0.25) is 0 Å². The van der Waals surface area contributed by atoms with Crippen molar-refractivity contribution in [2.24, 2.45) is 0 Å². The molecule has 0 amide bonds. The first kappa shape index (κ1) is 8.38. The molecule has 0 aliphatic rings. The normalized spacial score (nSPS) is 11.4. The van der Waals surface area contributed by atoms with Gasteiger partial charge in [0, 0.05) is 11.1 Å². The number of rotatable bonds is 1.